The number of carbonyl (C=O) groups excluding carboxylic acids is 2. The van der Waals surface area contributed by atoms with Crippen molar-refractivity contribution >= 4 is 23.3 Å². The first-order valence-electron chi connectivity index (χ1n) is 10.3. The van der Waals surface area contributed by atoms with Gasteiger partial charge in [-0.05, 0) is 49.9 Å². The van der Waals surface area contributed by atoms with E-state index in [1.165, 1.54) is 0 Å². The number of anilines is 2. The van der Waals surface area contributed by atoms with E-state index in [1.54, 1.807) is 50.4 Å². The summed E-state index contributed by atoms with van der Waals surface area (Å²) in [7, 11) is 1.56. The molecule has 0 radical (unpaired) electrons. The van der Waals surface area contributed by atoms with Crippen LogP contribution in [0.4, 0.5) is 11.4 Å². The summed E-state index contributed by atoms with van der Waals surface area (Å²) in [6, 6.07) is 12.3. The number of esters is 1. The molecule has 2 aromatic carbocycles. The summed E-state index contributed by atoms with van der Waals surface area (Å²) in [4.78, 5) is 29.8. The average molecular weight is 412 g/mol. The Morgan fingerprint density at radius 3 is 2.43 bits per heavy atom. The van der Waals surface area contributed by atoms with Crippen LogP contribution in [0.5, 0.6) is 5.75 Å². The predicted octanol–water partition coefficient (Wildman–Crippen LogP) is 3.27. The number of rotatable bonds is 7. The fraction of sp³-hybridized carbons (Fsp3) is 0.391. The Bertz CT molecular complexity index is 892. The molecule has 1 fully saturated rings. The Morgan fingerprint density at radius 1 is 1.00 bits per heavy atom. The summed E-state index contributed by atoms with van der Waals surface area (Å²) in [5, 5.41) is 2.98. The van der Waals surface area contributed by atoms with Crippen LogP contribution < -0.4 is 15.0 Å². The second-order valence-electron chi connectivity index (χ2n) is 7.06. The molecule has 30 heavy (non-hydrogen) atoms. The van der Waals surface area contributed by atoms with Gasteiger partial charge in [0, 0.05) is 31.7 Å². The van der Waals surface area contributed by atoms with Crippen LogP contribution in [0.15, 0.2) is 42.5 Å². The number of piperazine rings is 1. The zero-order chi connectivity index (χ0) is 21.5. The van der Waals surface area contributed by atoms with Gasteiger partial charge in [-0.3, -0.25) is 4.79 Å². The van der Waals surface area contributed by atoms with Crippen molar-refractivity contribution in [2.75, 3.05) is 56.7 Å². The van der Waals surface area contributed by atoms with E-state index < -0.39 is 5.97 Å². The molecule has 0 bridgehead atoms. The highest BCUT2D eigenvalue weighted by Crippen LogP contribution is 2.29. The van der Waals surface area contributed by atoms with Crippen LogP contribution in [0.3, 0.4) is 0 Å². The summed E-state index contributed by atoms with van der Waals surface area (Å²) in [5.74, 6) is -0.0566. The molecule has 160 valence electrons. The van der Waals surface area contributed by atoms with E-state index in [4.69, 9.17) is 9.47 Å². The van der Waals surface area contributed by atoms with Crippen LogP contribution in [0.2, 0.25) is 0 Å². The van der Waals surface area contributed by atoms with Crippen molar-refractivity contribution in [2.45, 2.75) is 13.8 Å². The Kier molecular flexibility index (Phi) is 7.30. The number of hydrogen-bond acceptors (Lipinski definition) is 6. The Hall–Kier alpha value is -3.06. The van der Waals surface area contributed by atoms with Crippen LogP contribution in [0.25, 0.3) is 0 Å². The lowest BCUT2D eigenvalue weighted by Gasteiger charge is -2.36. The molecule has 0 spiro atoms. The maximum Gasteiger partial charge on any atom is 0.338 e. The highest BCUT2D eigenvalue weighted by Gasteiger charge is 2.21. The van der Waals surface area contributed by atoms with Crippen molar-refractivity contribution in [3.05, 3.63) is 53.6 Å². The molecule has 0 aliphatic carbocycles. The molecule has 1 N–H and O–H groups in total. The standard InChI is InChI=1S/C23H29N3O4/c1-4-25-11-13-26(14-12-25)21-10-9-18(23(28)30-5-2)16-20(21)24-22(27)17-7-6-8-19(15-17)29-3/h6-10,15-16H,4-5,11-14H2,1-3H3,(H,24,27). The van der Waals surface area contributed by atoms with Crippen molar-refractivity contribution in [3.8, 4) is 5.75 Å². The summed E-state index contributed by atoms with van der Waals surface area (Å²) < 4.78 is 10.3. The number of nitrogens with one attached hydrogen (secondary N) is 1. The number of ether oxygens (including phenoxy) is 2. The summed E-state index contributed by atoms with van der Waals surface area (Å²) in [6.45, 7) is 8.87. The van der Waals surface area contributed by atoms with Gasteiger partial charge in [-0.1, -0.05) is 13.0 Å². The quantitative estimate of drug-likeness (QED) is 0.705. The molecule has 1 amide bonds. The first-order chi connectivity index (χ1) is 14.5. The Morgan fingerprint density at radius 2 is 1.77 bits per heavy atom. The molecule has 0 unspecified atom stereocenters. The highest BCUT2D eigenvalue weighted by molar-refractivity contribution is 6.07. The molecule has 1 heterocycles. The molecule has 1 aliphatic heterocycles. The van der Waals surface area contributed by atoms with Gasteiger partial charge < -0.3 is 24.6 Å². The summed E-state index contributed by atoms with van der Waals surface area (Å²) >= 11 is 0. The van der Waals surface area contributed by atoms with E-state index in [0.29, 0.717) is 29.2 Å². The van der Waals surface area contributed by atoms with Crippen LogP contribution in [-0.4, -0.2) is 63.2 Å². The molecule has 0 atom stereocenters. The molecule has 1 saturated heterocycles. The minimum absolute atomic E-state index is 0.261. The van der Waals surface area contributed by atoms with E-state index in [0.717, 1.165) is 38.4 Å². The molecular formula is C23H29N3O4. The molecule has 0 saturated carbocycles. The molecule has 1 aliphatic rings. The lowest BCUT2D eigenvalue weighted by Crippen LogP contribution is -2.46. The van der Waals surface area contributed by atoms with Gasteiger partial charge in [0.1, 0.15) is 5.75 Å². The Labute approximate surface area is 177 Å². The normalized spacial score (nSPS) is 14.3. The molecule has 2 aromatic rings. The number of hydrogen-bond donors (Lipinski definition) is 1. The number of methoxy groups -OCH3 is 1. The van der Waals surface area contributed by atoms with Gasteiger partial charge in [0.2, 0.25) is 0 Å². The van der Waals surface area contributed by atoms with Crippen molar-refractivity contribution in [3.63, 3.8) is 0 Å². The largest absolute Gasteiger partial charge is 0.497 e. The minimum Gasteiger partial charge on any atom is -0.497 e. The molecule has 7 heteroatoms. The fourth-order valence-corrected chi connectivity index (χ4v) is 3.52. The minimum atomic E-state index is -0.406. The van der Waals surface area contributed by atoms with Gasteiger partial charge in [-0.25, -0.2) is 4.79 Å². The second-order valence-corrected chi connectivity index (χ2v) is 7.06. The average Bonchev–Trinajstić information content (AvgIpc) is 2.79. The van der Waals surface area contributed by atoms with E-state index >= 15 is 0 Å². The summed E-state index contributed by atoms with van der Waals surface area (Å²) in [6.07, 6.45) is 0. The monoisotopic (exact) mass is 411 g/mol. The highest BCUT2D eigenvalue weighted by atomic mass is 16.5. The van der Waals surface area contributed by atoms with Gasteiger partial charge in [0.05, 0.1) is 30.7 Å². The van der Waals surface area contributed by atoms with Crippen LogP contribution in [0, 0.1) is 0 Å². The first kappa shape index (κ1) is 21.6. The SMILES string of the molecule is CCOC(=O)c1ccc(N2CCN(CC)CC2)c(NC(=O)c2cccc(OC)c2)c1. The first-order valence-corrected chi connectivity index (χ1v) is 10.3. The van der Waals surface area contributed by atoms with E-state index in [1.807, 2.05) is 6.07 Å². The van der Waals surface area contributed by atoms with Crippen molar-refractivity contribution in [2.24, 2.45) is 0 Å². The third-order valence-electron chi connectivity index (χ3n) is 5.25. The van der Waals surface area contributed by atoms with Crippen LogP contribution in [-0.2, 0) is 4.74 Å². The van der Waals surface area contributed by atoms with Gasteiger partial charge in [0.15, 0.2) is 0 Å². The van der Waals surface area contributed by atoms with Crippen molar-refractivity contribution in [1.82, 2.24) is 4.90 Å². The molecular weight excluding hydrogens is 382 g/mol. The number of nitrogens with zero attached hydrogens (tertiary/aromatic N) is 2. The fourth-order valence-electron chi connectivity index (χ4n) is 3.52. The van der Waals surface area contributed by atoms with E-state index in [-0.39, 0.29) is 5.91 Å². The van der Waals surface area contributed by atoms with Crippen LogP contribution in [0.1, 0.15) is 34.6 Å². The third-order valence-corrected chi connectivity index (χ3v) is 5.25. The third kappa shape index (κ3) is 5.10. The van der Waals surface area contributed by atoms with Crippen molar-refractivity contribution in [1.29, 1.82) is 0 Å². The Balaban J connectivity index is 1.89. The molecule has 0 aromatic heterocycles. The topological polar surface area (TPSA) is 71.1 Å². The zero-order valence-corrected chi connectivity index (χ0v) is 17.8. The predicted molar refractivity (Wildman–Crippen MR) is 118 cm³/mol. The smallest absolute Gasteiger partial charge is 0.338 e. The maximum atomic E-state index is 12.9. The number of carbonyl (C=O) groups is 2. The molecule has 3 rings (SSSR count). The van der Waals surface area contributed by atoms with E-state index in [2.05, 4.69) is 22.0 Å². The van der Waals surface area contributed by atoms with Gasteiger partial charge >= 0.3 is 5.97 Å². The maximum absolute atomic E-state index is 12.9. The lowest BCUT2D eigenvalue weighted by atomic mass is 10.1. The van der Waals surface area contributed by atoms with Gasteiger partial charge in [-0.2, -0.15) is 0 Å². The van der Waals surface area contributed by atoms with Crippen molar-refractivity contribution < 1.29 is 19.1 Å². The zero-order valence-electron chi connectivity index (χ0n) is 17.8. The second kappa shape index (κ2) is 10.1. The summed E-state index contributed by atoms with van der Waals surface area (Å²) in [5.41, 5.74) is 2.39. The van der Waals surface area contributed by atoms with E-state index in [9.17, 15) is 9.59 Å². The molecule has 7 nitrogen and oxygen atoms in total. The lowest BCUT2D eigenvalue weighted by molar-refractivity contribution is 0.0526. The number of amides is 1. The van der Waals surface area contributed by atoms with Crippen LogP contribution >= 0.6 is 0 Å². The number of likely N-dealkylation sites (N-methyl/N-ethyl adjacent to an activating group) is 1. The number of benzene rings is 2. The van der Waals surface area contributed by atoms with Gasteiger partial charge in [0.25, 0.3) is 5.91 Å². The van der Waals surface area contributed by atoms with Gasteiger partial charge in [-0.15, -0.1) is 0 Å².